The number of hydrogen-bond acceptors (Lipinski definition) is 2. The molecule has 0 aromatic heterocycles. The number of piperidine rings is 1. The van der Waals surface area contributed by atoms with Crippen molar-refractivity contribution in [1.82, 2.24) is 9.80 Å². The smallest absolute Gasteiger partial charge is 0.229 e. The lowest BCUT2D eigenvalue weighted by molar-refractivity contribution is -0.138. The van der Waals surface area contributed by atoms with E-state index in [1.165, 1.54) is 12.0 Å². The lowest BCUT2D eigenvalue weighted by atomic mass is 9.77. The van der Waals surface area contributed by atoms with Crippen LogP contribution in [0.2, 0.25) is 5.02 Å². The second-order valence-corrected chi connectivity index (χ2v) is 8.75. The van der Waals surface area contributed by atoms with Crippen molar-refractivity contribution in [3.63, 3.8) is 0 Å². The summed E-state index contributed by atoms with van der Waals surface area (Å²) in [7, 11) is 0. The van der Waals surface area contributed by atoms with Crippen LogP contribution in [0, 0.1) is 5.41 Å². The van der Waals surface area contributed by atoms with Crippen LogP contribution < -0.4 is 0 Å². The molecule has 1 amide bonds. The Morgan fingerprint density at radius 2 is 1.54 bits per heavy atom. The highest BCUT2D eigenvalue weighted by Gasteiger charge is 2.47. The first-order valence-electron chi connectivity index (χ1n) is 10.4. The molecule has 1 spiro atoms. The van der Waals surface area contributed by atoms with Gasteiger partial charge in [-0.3, -0.25) is 4.79 Å². The molecule has 0 N–H and O–H groups in total. The molecule has 4 heteroatoms. The topological polar surface area (TPSA) is 23.6 Å². The largest absolute Gasteiger partial charge is 0.338 e. The van der Waals surface area contributed by atoms with Gasteiger partial charge >= 0.3 is 0 Å². The second kappa shape index (κ2) is 8.67. The normalized spacial score (nSPS) is 19.5. The molecular formula is C24H29ClN2O. The monoisotopic (exact) mass is 396 g/mol. The van der Waals surface area contributed by atoms with Gasteiger partial charge in [-0.25, -0.2) is 0 Å². The number of carbonyl (C=O) groups is 1. The van der Waals surface area contributed by atoms with E-state index in [4.69, 9.17) is 11.6 Å². The molecule has 0 atom stereocenters. The zero-order valence-corrected chi connectivity index (χ0v) is 17.2. The van der Waals surface area contributed by atoms with E-state index < -0.39 is 0 Å². The highest BCUT2D eigenvalue weighted by molar-refractivity contribution is 6.30. The standard InChI is InChI=1S/C24H29ClN2O/c25-22-10-8-21(9-11-22)19-27-18-14-24(23(27)28)12-16-26(17-13-24)15-4-7-20-5-2-1-3-6-20/h1-3,5-6,8-11H,4,7,12-19H2. The molecule has 4 rings (SSSR count). The first kappa shape index (κ1) is 19.5. The summed E-state index contributed by atoms with van der Waals surface area (Å²) in [5, 5.41) is 0.743. The number of rotatable bonds is 6. The van der Waals surface area contributed by atoms with Gasteiger partial charge in [0.15, 0.2) is 0 Å². The molecule has 2 aromatic carbocycles. The summed E-state index contributed by atoms with van der Waals surface area (Å²) in [6, 6.07) is 18.6. The van der Waals surface area contributed by atoms with Crippen molar-refractivity contribution in [2.75, 3.05) is 26.2 Å². The predicted molar refractivity (Wildman–Crippen MR) is 114 cm³/mol. The molecule has 2 fully saturated rings. The van der Waals surface area contributed by atoms with Crippen molar-refractivity contribution in [2.45, 2.75) is 38.6 Å². The molecule has 28 heavy (non-hydrogen) atoms. The van der Waals surface area contributed by atoms with Crippen molar-refractivity contribution in [3.8, 4) is 0 Å². The number of carbonyl (C=O) groups excluding carboxylic acids is 1. The summed E-state index contributed by atoms with van der Waals surface area (Å²) >= 11 is 5.97. The van der Waals surface area contributed by atoms with E-state index in [0.29, 0.717) is 12.5 Å². The van der Waals surface area contributed by atoms with Crippen LogP contribution >= 0.6 is 11.6 Å². The minimum absolute atomic E-state index is 0.109. The zero-order valence-electron chi connectivity index (χ0n) is 16.4. The van der Waals surface area contributed by atoms with Gasteiger partial charge in [-0.05, 0) is 75.0 Å². The number of halogens is 1. The Hall–Kier alpha value is -1.84. The fourth-order valence-electron chi connectivity index (χ4n) is 4.67. The minimum Gasteiger partial charge on any atom is -0.338 e. The Bertz CT molecular complexity index is 782. The van der Waals surface area contributed by atoms with E-state index in [2.05, 4.69) is 35.2 Å². The van der Waals surface area contributed by atoms with E-state index in [-0.39, 0.29) is 5.41 Å². The summed E-state index contributed by atoms with van der Waals surface area (Å²) in [5.74, 6) is 0.367. The van der Waals surface area contributed by atoms with Gasteiger partial charge in [0.25, 0.3) is 0 Å². The third-order valence-electron chi connectivity index (χ3n) is 6.48. The SMILES string of the molecule is O=C1N(Cc2ccc(Cl)cc2)CCC12CCN(CCCc1ccccc1)CC2. The molecule has 2 aliphatic heterocycles. The fraction of sp³-hybridized carbons (Fsp3) is 0.458. The van der Waals surface area contributed by atoms with Gasteiger partial charge in [-0.1, -0.05) is 54.1 Å². The van der Waals surface area contributed by atoms with Crippen molar-refractivity contribution in [3.05, 3.63) is 70.7 Å². The maximum Gasteiger partial charge on any atom is 0.229 e. The van der Waals surface area contributed by atoms with Crippen LogP contribution in [0.4, 0.5) is 0 Å². The Morgan fingerprint density at radius 3 is 2.25 bits per heavy atom. The molecule has 0 unspecified atom stereocenters. The summed E-state index contributed by atoms with van der Waals surface area (Å²) in [5.41, 5.74) is 2.47. The molecular weight excluding hydrogens is 368 g/mol. The lowest BCUT2D eigenvalue weighted by Gasteiger charge is -2.38. The van der Waals surface area contributed by atoms with Crippen molar-refractivity contribution in [2.24, 2.45) is 5.41 Å². The Kier molecular flexibility index (Phi) is 6.03. The number of likely N-dealkylation sites (tertiary alicyclic amines) is 2. The number of nitrogens with zero attached hydrogens (tertiary/aromatic N) is 2. The molecule has 3 nitrogen and oxygen atoms in total. The first-order chi connectivity index (χ1) is 13.6. The van der Waals surface area contributed by atoms with Gasteiger partial charge < -0.3 is 9.80 Å². The van der Waals surface area contributed by atoms with Crippen LogP contribution in [0.5, 0.6) is 0 Å². The minimum atomic E-state index is -0.109. The highest BCUT2D eigenvalue weighted by Crippen LogP contribution is 2.42. The van der Waals surface area contributed by atoms with Crippen molar-refractivity contribution >= 4 is 17.5 Å². The molecule has 148 valence electrons. The molecule has 0 bridgehead atoms. The van der Waals surface area contributed by atoms with E-state index in [1.807, 2.05) is 29.2 Å². The van der Waals surface area contributed by atoms with Crippen LogP contribution in [0.25, 0.3) is 0 Å². The van der Waals surface area contributed by atoms with Gasteiger partial charge in [-0.15, -0.1) is 0 Å². The molecule has 2 saturated heterocycles. The molecule has 0 radical (unpaired) electrons. The Balaban J connectivity index is 1.25. The quantitative estimate of drug-likeness (QED) is 0.701. The van der Waals surface area contributed by atoms with E-state index >= 15 is 0 Å². The van der Waals surface area contributed by atoms with Crippen LogP contribution in [0.15, 0.2) is 54.6 Å². The Morgan fingerprint density at radius 1 is 0.857 bits per heavy atom. The molecule has 0 aliphatic carbocycles. The van der Waals surface area contributed by atoms with Gasteiger partial charge in [-0.2, -0.15) is 0 Å². The van der Waals surface area contributed by atoms with Gasteiger partial charge in [0.1, 0.15) is 0 Å². The fourth-order valence-corrected chi connectivity index (χ4v) is 4.80. The Labute approximate surface area is 173 Å². The second-order valence-electron chi connectivity index (χ2n) is 8.31. The average Bonchev–Trinajstić information content (AvgIpc) is 3.02. The number of amides is 1. The van der Waals surface area contributed by atoms with Crippen molar-refractivity contribution in [1.29, 1.82) is 0 Å². The summed E-state index contributed by atoms with van der Waals surface area (Å²) in [6.45, 7) is 4.83. The van der Waals surface area contributed by atoms with Gasteiger partial charge in [0, 0.05) is 18.1 Å². The molecule has 2 aromatic rings. The summed E-state index contributed by atoms with van der Waals surface area (Å²) in [6.07, 6.45) is 5.35. The van der Waals surface area contributed by atoms with Crippen LogP contribution in [-0.4, -0.2) is 41.9 Å². The van der Waals surface area contributed by atoms with Gasteiger partial charge in [0.2, 0.25) is 5.91 Å². The van der Waals surface area contributed by atoms with Crippen LogP contribution in [0.3, 0.4) is 0 Å². The number of benzene rings is 2. The molecule has 2 heterocycles. The van der Waals surface area contributed by atoms with Crippen molar-refractivity contribution < 1.29 is 4.79 Å². The third kappa shape index (κ3) is 4.42. The van der Waals surface area contributed by atoms with Crippen LogP contribution in [-0.2, 0) is 17.8 Å². The third-order valence-corrected chi connectivity index (χ3v) is 6.74. The maximum atomic E-state index is 13.1. The molecule has 0 saturated carbocycles. The van der Waals surface area contributed by atoms with Gasteiger partial charge in [0.05, 0.1) is 5.41 Å². The predicted octanol–water partition coefficient (Wildman–Crippen LogP) is 4.79. The number of aryl methyl sites for hydroxylation is 1. The average molecular weight is 397 g/mol. The van der Waals surface area contributed by atoms with E-state index in [1.54, 1.807) is 0 Å². The lowest BCUT2D eigenvalue weighted by Crippen LogP contribution is -2.44. The zero-order chi connectivity index (χ0) is 19.4. The summed E-state index contributed by atoms with van der Waals surface area (Å²) < 4.78 is 0. The van der Waals surface area contributed by atoms with E-state index in [0.717, 1.165) is 62.4 Å². The summed E-state index contributed by atoms with van der Waals surface area (Å²) in [4.78, 5) is 17.7. The maximum absolute atomic E-state index is 13.1. The highest BCUT2D eigenvalue weighted by atomic mass is 35.5. The first-order valence-corrected chi connectivity index (χ1v) is 10.8. The number of hydrogen-bond donors (Lipinski definition) is 0. The van der Waals surface area contributed by atoms with E-state index in [9.17, 15) is 4.79 Å². The van der Waals surface area contributed by atoms with Crippen LogP contribution in [0.1, 0.15) is 36.8 Å². The molecule has 2 aliphatic rings.